The van der Waals surface area contributed by atoms with Gasteiger partial charge < -0.3 is 10.5 Å². The molecular formula is C15H26N2O. The topological polar surface area (TPSA) is 38.5 Å². The molecule has 0 atom stereocenters. The average Bonchev–Trinajstić information content (AvgIpc) is 2.37. The molecule has 3 heteroatoms. The van der Waals surface area contributed by atoms with Crippen LogP contribution in [0.2, 0.25) is 0 Å². The van der Waals surface area contributed by atoms with E-state index in [1.54, 1.807) is 7.11 Å². The highest BCUT2D eigenvalue weighted by Crippen LogP contribution is 2.15. The van der Waals surface area contributed by atoms with Crippen LogP contribution in [0.4, 0.5) is 5.69 Å². The molecule has 0 saturated carbocycles. The van der Waals surface area contributed by atoms with Crippen LogP contribution in [-0.2, 0) is 11.3 Å². The third-order valence-corrected chi connectivity index (χ3v) is 3.42. The quantitative estimate of drug-likeness (QED) is 0.756. The van der Waals surface area contributed by atoms with Crippen LogP contribution >= 0.6 is 0 Å². The lowest BCUT2D eigenvalue weighted by atomic mass is 10.0. The largest absolute Gasteiger partial charge is 0.399 e. The van der Waals surface area contributed by atoms with E-state index < -0.39 is 0 Å². The third-order valence-electron chi connectivity index (χ3n) is 3.42. The molecule has 0 heterocycles. The van der Waals surface area contributed by atoms with Crippen molar-refractivity contribution in [3.05, 3.63) is 29.8 Å². The molecule has 2 N–H and O–H groups in total. The van der Waals surface area contributed by atoms with Gasteiger partial charge in [0.2, 0.25) is 0 Å². The molecule has 0 spiro atoms. The number of rotatable bonds is 7. The molecule has 0 aliphatic carbocycles. The number of nitrogen functional groups attached to an aromatic ring is 1. The smallest absolute Gasteiger partial charge is 0.0634 e. The van der Waals surface area contributed by atoms with E-state index in [9.17, 15) is 0 Å². The molecule has 102 valence electrons. The van der Waals surface area contributed by atoms with Crippen molar-refractivity contribution in [2.24, 2.45) is 0 Å². The SMILES string of the molecule is CCN(CCC(C)(C)OC)Cc1ccc(N)cc1. The van der Waals surface area contributed by atoms with Gasteiger partial charge in [0.25, 0.3) is 0 Å². The molecule has 0 radical (unpaired) electrons. The lowest BCUT2D eigenvalue weighted by molar-refractivity contribution is 0.00719. The Morgan fingerprint density at radius 2 is 1.83 bits per heavy atom. The van der Waals surface area contributed by atoms with Crippen molar-refractivity contribution in [3.8, 4) is 0 Å². The van der Waals surface area contributed by atoms with E-state index >= 15 is 0 Å². The zero-order valence-electron chi connectivity index (χ0n) is 12.1. The summed E-state index contributed by atoms with van der Waals surface area (Å²) < 4.78 is 5.46. The van der Waals surface area contributed by atoms with Gasteiger partial charge in [0.15, 0.2) is 0 Å². The van der Waals surface area contributed by atoms with Crippen LogP contribution < -0.4 is 5.73 Å². The Bertz CT molecular complexity index is 346. The maximum atomic E-state index is 5.69. The maximum absolute atomic E-state index is 5.69. The molecule has 0 amide bonds. The minimum atomic E-state index is -0.0471. The lowest BCUT2D eigenvalue weighted by Crippen LogP contribution is -2.32. The number of nitrogens with zero attached hydrogens (tertiary/aromatic N) is 1. The highest BCUT2D eigenvalue weighted by molar-refractivity contribution is 5.39. The highest BCUT2D eigenvalue weighted by atomic mass is 16.5. The number of ether oxygens (including phenoxy) is 1. The zero-order chi connectivity index (χ0) is 13.6. The van der Waals surface area contributed by atoms with Crippen molar-refractivity contribution in [3.63, 3.8) is 0 Å². The molecule has 0 bridgehead atoms. The van der Waals surface area contributed by atoms with Gasteiger partial charge in [-0.05, 0) is 44.5 Å². The summed E-state index contributed by atoms with van der Waals surface area (Å²) in [5.41, 5.74) is 7.77. The summed E-state index contributed by atoms with van der Waals surface area (Å²) in [5, 5.41) is 0. The number of benzene rings is 1. The fourth-order valence-corrected chi connectivity index (χ4v) is 1.76. The summed E-state index contributed by atoms with van der Waals surface area (Å²) in [6, 6.07) is 8.11. The first-order valence-corrected chi connectivity index (χ1v) is 6.59. The molecule has 0 saturated heterocycles. The molecule has 1 aromatic carbocycles. The molecule has 0 aromatic heterocycles. The van der Waals surface area contributed by atoms with Crippen LogP contribution in [0.3, 0.4) is 0 Å². The van der Waals surface area contributed by atoms with Gasteiger partial charge in [-0.25, -0.2) is 0 Å². The monoisotopic (exact) mass is 250 g/mol. The van der Waals surface area contributed by atoms with Gasteiger partial charge in [-0.2, -0.15) is 0 Å². The van der Waals surface area contributed by atoms with Crippen molar-refractivity contribution in [1.82, 2.24) is 4.90 Å². The number of hydrogen-bond donors (Lipinski definition) is 1. The maximum Gasteiger partial charge on any atom is 0.0634 e. The summed E-state index contributed by atoms with van der Waals surface area (Å²) in [5.74, 6) is 0. The molecule has 3 nitrogen and oxygen atoms in total. The van der Waals surface area contributed by atoms with Crippen LogP contribution in [-0.4, -0.2) is 30.7 Å². The van der Waals surface area contributed by atoms with Gasteiger partial charge >= 0.3 is 0 Å². The van der Waals surface area contributed by atoms with Crippen molar-refractivity contribution >= 4 is 5.69 Å². The predicted octanol–water partition coefficient (Wildman–Crippen LogP) is 2.91. The summed E-state index contributed by atoms with van der Waals surface area (Å²) in [6.45, 7) is 9.51. The first-order chi connectivity index (χ1) is 8.46. The van der Waals surface area contributed by atoms with Crippen molar-refractivity contribution < 1.29 is 4.74 Å². The second-order valence-corrected chi connectivity index (χ2v) is 5.32. The Hall–Kier alpha value is -1.06. The molecule has 1 aromatic rings. The minimum Gasteiger partial charge on any atom is -0.399 e. The second-order valence-electron chi connectivity index (χ2n) is 5.32. The van der Waals surface area contributed by atoms with Gasteiger partial charge in [0.1, 0.15) is 0 Å². The van der Waals surface area contributed by atoms with Gasteiger partial charge in [-0.1, -0.05) is 19.1 Å². The first-order valence-electron chi connectivity index (χ1n) is 6.59. The predicted molar refractivity (Wildman–Crippen MR) is 77.5 cm³/mol. The minimum absolute atomic E-state index is 0.0471. The highest BCUT2D eigenvalue weighted by Gasteiger charge is 2.17. The van der Waals surface area contributed by atoms with Crippen LogP contribution in [0.1, 0.15) is 32.8 Å². The zero-order valence-corrected chi connectivity index (χ0v) is 12.1. The average molecular weight is 250 g/mol. The van der Waals surface area contributed by atoms with Crippen molar-refractivity contribution in [2.75, 3.05) is 25.9 Å². The van der Waals surface area contributed by atoms with Crippen LogP contribution in [0.5, 0.6) is 0 Å². The van der Waals surface area contributed by atoms with Gasteiger partial charge in [-0.15, -0.1) is 0 Å². The van der Waals surface area contributed by atoms with E-state index in [1.165, 1.54) is 5.56 Å². The molecule has 0 aliphatic rings. The summed E-state index contributed by atoms with van der Waals surface area (Å²) >= 11 is 0. The lowest BCUT2D eigenvalue weighted by Gasteiger charge is -2.27. The Morgan fingerprint density at radius 1 is 1.22 bits per heavy atom. The molecule has 1 rings (SSSR count). The fourth-order valence-electron chi connectivity index (χ4n) is 1.76. The first kappa shape index (κ1) is 15.0. The van der Waals surface area contributed by atoms with Crippen LogP contribution in [0.25, 0.3) is 0 Å². The third kappa shape index (κ3) is 5.07. The van der Waals surface area contributed by atoms with E-state index in [0.717, 1.165) is 31.7 Å². The summed E-state index contributed by atoms with van der Waals surface area (Å²) in [4.78, 5) is 2.42. The van der Waals surface area contributed by atoms with E-state index in [4.69, 9.17) is 10.5 Å². The molecule has 0 fully saturated rings. The van der Waals surface area contributed by atoms with Gasteiger partial charge in [0.05, 0.1) is 5.60 Å². The Labute approximate surface area is 111 Å². The molecule has 18 heavy (non-hydrogen) atoms. The van der Waals surface area contributed by atoms with Gasteiger partial charge in [-0.3, -0.25) is 4.90 Å². The van der Waals surface area contributed by atoms with E-state index in [0.29, 0.717) is 0 Å². The van der Waals surface area contributed by atoms with E-state index in [2.05, 4.69) is 37.8 Å². The van der Waals surface area contributed by atoms with Gasteiger partial charge in [0, 0.05) is 25.9 Å². The molecule has 0 aliphatic heterocycles. The van der Waals surface area contributed by atoms with Crippen molar-refractivity contribution in [1.29, 1.82) is 0 Å². The Balaban J connectivity index is 2.49. The van der Waals surface area contributed by atoms with E-state index in [-0.39, 0.29) is 5.60 Å². The van der Waals surface area contributed by atoms with Crippen LogP contribution in [0, 0.1) is 0 Å². The summed E-state index contributed by atoms with van der Waals surface area (Å²) in [7, 11) is 1.77. The number of nitrogens with two attached hydrogens (primary N) is 1. The van der Waals surface area contributed by atoms with E-state index in [1.807, 2.05) is 12.1 Å². The number of methoxy groups -OCH3 is 1. The standard InChI is InChI=1S/C15H26N2O/c1-5-17(11-10-15(2,3)18-4)12-13-6-8-14(16)9-7-13/h6-9H,5,10-12,16H2,1-4H3. The second kappa shape index (κ2) is 6.76. The van der Waals surface area contributed by atoms with Crippen molar-refractivity contribution in [2.45, 2.75) is 39.3 Å². The normalized spacial score (nSPS) is 12.1. The molecule has 0 unspecified atom stereocenters. The molecular weight excluding hydrogens is 224 g/mol. The summed E-state index contributed by atoms with van der Waals surface area (Å²) in [6.07, 6.45) is 1.03. The fraction of sp³-hybridized carbons (Fsp3) is 0.600. The van der Waals surface area contributed by atoms with Crippen LogP contribution in [0.15, 0.2) is 24.3 Å². The number of anilines is 1. The Morgan fingerprint density at radius 3 is 2.33 bits per heavy atom. The number of hydrogen-bond acceptors (Lipinski definition) is 3. The Kier molecular flexibility index (Phi) is 5.63.